The molecule has 0 radical (unpaired) electrons. The normalized spacial score (nSPS) is 11.7. The lowest BCUT2D eigenvalue weighted by atomic mass is 10.2. The highest BCUT2D eigenvalue weighted by molar-refractivity contribution is 8.13. The molecule has 0 spiro atoms. The molecule has 0 fully saturated rings. The Labute approximate surface area is 119 Å². The molecule has 1 amide bonds. The monoisotopic (exact) mass is 277 g/mol. The fourth-order valence-electron chi connectivity index (χ4n) is 1.25. The van der Waals surface area contributed by atoms with Gasteiger partial charge in [0.25, 0.3) is 5.24 Å². The largest absolute Gasteiger partial charge is 0.493 e. The first-order chi connectivity index (χ1) is 9.01. The highest BCUT2D eigenvalue weighted by atomic mass is 32.2. The molecule has 1 aromatic carbocycles. The number of carbonyl (C=O) groups excluding carboxylic acids is 1. The van der Waals surface area contributed by atoms with Gasteiger partial charge in [-0.25, -0.2) is 0 Å². The van der Waals surface area contributed by atoms with Crippen molar-refractivity contribution in [3.8, 4) is 18.1 Å². The minimum absolute atomic E-state index is 0.161. The molecule has 1 rings (SSSR count). The molecule has 0 aliphatic rings. The number of hydrogen-bond acceptors (Lipinski definition) is 3. The fourth-order valence-corrected chi connectivity index (χ4v) is 2.02. The van der Waals surface area contributed by atoms with Crippen LogP contribution < -0.4 is 10.1 Å². The fraction of sp³-hybridized carbons (Fsp3) is 0.400. The molecule has 1 atom stereocenters. The van der Waals surface area contributed by atoms with Gasteiger partial charge in [0, 0.05) is 4.90 Å². The Morgan fingerprint density at radius 3 is 2.84 bits per heavy atom. The van der Waals surface area contributed by atoms with Crippen LogP contribution in [0.15, 0.2) is 29.2 Å². The lowest BCUT2D eigenvalue weighted by Crippen LogP contribution is -2.27. The van der Waals surface area contributed by atoms with Crippen molar-refractivity contribution >= 4 is 17.0 Å². The molecular formula is C15H19NO2S. The highest BCUT2D eigenvalue weighted by Gasteiger charge is 2.08. The van der Waals surface area contributed by atoms with E-state index in [0.717, 1.165) is 22.4 Å². The third-order valence-electron chi connectivity index (χ3n) is 2.18. The maximum Gasteiger partial charge on any atom is 0.284 e. The van der Waals surface area contributed by atoms with Gasteiger partial charge in [-0.15, -0.1) is 6.42 Å². The standard InChI is InChI=1S/C15H19NO2S/c1-5-12(4)16-15(17)19-14-8-6-7-13(9-14)18-10-11(2)3/h1,6-9,11-12H,10H2,2-4H3,(H,16,17). The first-order valence-corrected chi connectivity index (χ1v) is 7.00. The Morgan fingerprint density at radius 2 is 2.21 bits per heavy atom. The first kappa shape index (κ1) is 15.5. The molecule has 0 aliphatic carbocycles. The van der Waals surface area contributed by atoms with E-state index >= 15 is 0 Å². The van der Waals surface area contributed by atoms with E-state index in [4.69, 9.17) is 11.2 Å². The summed E-state index contributed by atoms with van der Waals surface area (Å²) in [5.74, 6) is 3.70. The maximum absolute atomic E-state index is 11.7. The van der Waals surface area contributed by atoms with Gasteiger partial charge in [0.05, 0.1) is 12.6 Å². The van der Waals surface area contributed by atoms with E-state index in [0.29, 0.717) is 12.5 Å². The van der Waals surface area contributed by atoms with Crippen molar-refractivity contribution in [3.05, 3.63) is 24.3 Å². The number of rotatable bonds is 5. The second-order valence-electron chi connectivity index (χ2n) is 4.60. The van der Waals surface area contributed by atoms with Gasteiger partial charge in [-0.05, 0) is 42.8 Å². The summed E-state index contributed by atoms with van der Waals surface area (Å²) in [5.41, 5.74) is 0. The van der Waals surface area contributed by atoms with Gasteiger partial charge < -0.3 is 10.1 Å². The molecule has 0 aromatic heterocycles. The van der Waals surface area contributed by atoms with Gasteiger partial charge in [0.15, 0.2) is 0 Å². The summed E-state index contributed by atoms with van der Waals surface area (Å²) >= 11 is 1.11. The van der Waals surface area contributed by atoms with Crippen LogP contribution in [0.25, 0.3) is 0 Å². The van der Waals surface area contributed by atoms with E-state index in [1.165, 1.54) is 0 Å². The van der Waals surface area contributed by atoms with Crippen molar-refractivity contribution in [2.24, 2.45) is 5.92 Å². The van der Waals surface area contributed by atoms with E-state index in [1.807, 2.05) is 24.3 Å². The number of ether oxygens (including phenoxy) is 1. The summed E-state index contributed by atoms with van der Waals surface area (Å²) in [7, 11) is 0. The zero-order valence-corrected chi connectivity index (χ0v) is 12.3. The molecule has 1 N–H and O–H groups in total. The number of hydrogen-bond donors (Lipinski definition) is 1. The summed E-state index contributed by atoms with van der Waals surface area (Å²) in [5, 5.41) is 2.53. The maximum atomic E-state index is 11.7. The Morgan fingerprint density at radius 1 is 1.47 bits per heavy atom. The van der Waals surface area contributed by atoms with Crippen LogP contribution in [-0.2, 0) is 0 Å². The minimum Gasteiger partial charge on any atom is -0.493 e. The number of terminal acetylenes is 1. The van der Waals surface area contributed by atoms with Crippen LogP contribution in [0, 0.1) is 18.3 Å². The highest BCUT2D eigenvalue weighted by Crippen LogP contribution is 2.23. The molecule has 0 saturated heterocycles. The van der Waals surface area contributed by atoms with E-state index in [2.05, 4.69) is 25.1 Å². The average Bonchev–Trinajstić information content (AvgIpc) is 2.36. The number of amides is 1. The van der Waals surface area contributed by atoms with Crippen LogP contribution in [0.3, 0.4) is 0 Å². The van der Waals surface area contributed by atoms with Gasteiger partial charge in [-0.1, -0.05) is 25.8 Å². The lowest BCUT2D eigenvalue weighted by Gasteiger charge is -2.10. The second kappa shape index (κ2) is 7.75. The third-order valence-corrected chi connectivity index (χ3v) is 2.98. The van der Waals surface area contributed by atoms with Crippen molar-refractivity contribution in [1.29, 1.82) is 0 Å². The molecule has 1 unspecified atom stereocenters. The first-order valence-electron chi connectivity index (χ1n) is 6.18. The van der Waals surface area contributed by atoms with E-state index in [-0.39, 0.29) is 11.3 Å². The van der Waals surface area contributed by atoms with Gasteiger partial charge in [-0.2, -0.15) is 0 Å². The number of nitrogens with one attached hydrogen (secondary N) is 1. The quantitative estimate of drug-likeness (QED) is 0.661. The van der Waals surface area contributed by atoms with Crippen molar-refractivity contribution in [3.63, 3.8) is 0 Å². The van der Waals surface area contributed by atoms with Crippen LogP contribution in [0.5, 0.6) is 5.75 Å². The number of carbonyl (C=O) groups is 1. The predicted octanol–water partition coefficient (Wildman–Crippen LogP) is 3.54. The summed E-state index contributed by atoms with van der Waals surface area (Å²) in [6, 6.07) is 7.21. The SMILES string of the molecule is C#CC(C)NC(=O)Sc1cccc(OCC(C)C)c1. The summed E-state index contributed by atoms with van der Waals surface area (Å²) in [4.78, 5) is 12.5. The molecule has 0 saturated carbocycles. The molecule has 0 aliphatic heterocycles. The Bertz CT molecular complexity index is 465. The Hall–Kier alpha value is -1.60. The van der Waals surface area contributed by atoms with Gasteiger partial charge >= 0.3 is 0 Å². The second-order valence-corrected chi connectivity index (χ2v) is 5.65. The van der Waals surface area contributed by atoms with E-state index < -0.39 is 0 Å². The molecule has 3 nitrogen and oxygen atoms in total. The zero-order valence-electron chi connectivity index (χ0n) is 11.5. The van der Waals surface area contributed by atoms with Crippen molar-refractivity contribution in [2.45, 2.75) is 31.7 Å². The van der Waals surface area contributed by atoms with Crippen LogP contribution in [0.1, 0.15) is 20.8 Å². The lowest BCUT2D eigenvalue weighted by molar-refractivity contribution is 0.260. The minimum atomic E-state index is -0.264. The van der Waals surface area contributed by atoms with E-state index in [9.17, 15) is 4.79 Å². The Balaban J connectivity index is 2.57. The summed E-state index contributed by atoms with van der Waals surface area (Å²) < 4.78 is 5.61. The average molecular weight is 277 g/mol. The molecule has 19 heavy (non-hydrogen) atoms. The van der Waals surface area contributed by atoms with Gasteiger partial charge in [-0.3, -0.25) is 4.79 Å². The Kier molecular flexibility index (Phi) is 6.31. The molecular weight excluding hydrogens is 258 g/mol. The molecule has 0 bridgehead atoms. The topological polar surface area (TPSA) is 38.3 Å². The molecule has 1 aromatic rings. The van der Waals surface area contributed by atoms with Crippen LogP contribution in [0.2, 0.25) is 0 Å². The summed E-state index contributed by atoms with van der Waals surface area (Å²) in [6.07, 6.45) is 5.21. The van der Waals surface area contributed by atoms with Gasteiger partial charge in [0.2, 0.25) is 0 Å². The molecule has 4 heteroatoms. The summed E-state index contributed by atoms with van der Waals surface area (Å²) in [6.45, 7) is 6.61. The van der Waals surface area contributed by atoms with Crippen LogP contribution in [-0.4, -0.2) is 17.9 Å². The van der Waals surface area contributed by atoms with Crippen LogP contribution >= 0.6 is 11.8 Å². The predicted molar refractivity (Wildman–Crippen MR) is 79.5 cm³/mol. The number of benzene rings is 1. The molecule has 102 valence electrons. The van der Waals surface area contributed by atoms with Crippen molar-refractivity contribution < 1.29 is 9.53 Å². The van der Waals surface area contributed by atoms with Crippen molar-refractivity contribution in [2.75, 3.05) is 6.61 Å². The third kappa shape index (κ3) is 6.21. The molecule has 0 heterocycles. The van der Waals surface area contributed by atoms with Gasteiger partial charge in [0.1, 0.15) is 5.75 Å². The van der Waals surface area contributed by atoms with E-state index in [1.54, 1.807) is 6.92 Å². The number of thioether (sulfide) groups is 1. The zero-order chi connectivity index (χ0) is 14.3. The smallest absolute Gasteiger partial charge is 0.284 e. The van der Waals surface area contributed by atoms with Crippen LogP contribution in [0.4, 0.5) is 4.79 Å². The van der Waals surface area contributed by atoms with Crippen molar-refractivity contribution in [1.82, 2.24) is 5.32 Å².